The maximum atomic E-state index is 14.6. The number of nitrogens with one attached hydrogen (secondary N) is 1. The topological polar surface area (TPSA) is 90.4 Å². The van der Waals surface area contributed by atoms with Gasteiger partial charge >= 0.3 is 0 Å². The lowest BCUT2D eigenvalue weighted by atomic mass is 9.70. The van der Waals surface area contributed by atoms with Crippen molar-refractivity contribution in [2.75, 3.05) is 18.2 Å². The third-order valence-electron chi connectivity index (χ3n) is 6.72. The molecule has 0 unspecified atom stereocenters. The molecule has 2 fully saturated rings. The van der Waals surface area contributed by atoms with Gasteiger partial charge in [-0.05, 0) is 76.0 Å². The molecule has 180 valence electrons. The van der Waals surface area contributed by atoms with Crippen molar-refractivity contribution in [3.8, 4) is 5.88 Å². The van der Waals surface area contributed by atoms with Crippen LogP contribution in [-0.2, 0) is 21.0 Å². The van der Waals surface area contributed by atoms with Gasteiger partial charge in [0.1, 0.15) is 24.1 Å². The van der Waals surface area contributed by atoms with Crippen LogP contribution in [0.25, 0.3) is 0 Å². The number of hydrogen-bond donors (Lipinski definition) is 1. The molecule has 2 aliphatic rings. The Balaban J connectivity index is 1.47. The highest BCUT2D eigenvalue weighted by atomic mass is 32.2. The number of aromatic nitrogens is 2. The minimum absolute atomic E-state index is 0.0505. The maximum Gasteiger partial charge on any atom is 0.222 e. The van der Waals surface area contributed by atoms with Gasteiger partial charge in [0.2, 0.25) is 5.88 Å². The summed E-state index contributed by atoms with van der Waals surface area (Å²) in [6, 6.07) is 3.78. The van der Waals surface area contributed by atoms with Crippen LogP contribution in [0, 0.1) is 11.2 Å². The molecule has 1 aromatic carbocycles. The molecule has 1 saturated heterocycles. The number of hydrogen-bond acceptors (Lipinski definition) is 7. The molecule has 9 heteroatoms. The molecule has 1 aliphatic heterocycles. The van der Waals surface area contributed by atoms with E-state index in [1.54, 1.807) is 0 Å². The lowest BCUT2D eigenvalue weighted by Gasteiger charge is -2.36. The van der Waals surface area contributed by atoms with Crippen molar-refractivity contribution in [2.45, 2.75) is 75.9 Å². The van der Waals surface area contributed by atoms with E-state index in [2.05, 4.69) is 29.1 Å². The van der Waals surface area contributed by atoms with Crippen LogP contribution in [0.4, 0.5) is 15.9 Å². The minimum Gasteiger partial charge on any atom is -0.474 e. The normalized spacial score (nSPS) is 24.7. The van der Waals surface area contributed by atoms with Gasteiger partial charge < -0.3 is 14.8 Å². The van der Waals surface area contributed by atoms with Crippen molar-refractivity contribution in [3.05, 3.63) is 35.9 Å². The molecule has 1 aromatic heterocycles. The molecule has 0 radical (unpaired) electrons. The zero-order valence-corrected chi connectivity index (χ0v) is 20.5. The average molecular weight is 478 g/mol. The van der Waals surface area contributed by atoms with E-state index in [0.29, 0.717) is 18.1 Å². The Morgan fingerprint density at radius 3 is 2.55 bits per heavy atom. The van der Waals surface area contributed by atoms with Gasteiger partial charge in [0.15, 0.2) is 9.84 Å². The van der Waals surface area contributed by atoms with E-state index in [0.717, 1.165) is 56.6 Å². The van der Waals surface area contributed by atoms with Crippen LogP contribution < -0.4 is 10.1 Å². The molecule has 1 spiro atoms. The molecule has 33 heavy (non-hydrogen) atoms. The number of halogens is 1. The quantitative estimate of drug-likeness (QED) is 0.637. The van der Waals surface area contributed by atoms with Crippen molar-refractivity contribution in [1.82, 2.24) is 9.97 Å². The molecule has 0 bridgehead atoms. The molecular formula is C24H32FN3O4S. The molecular weight excluding hydrogens is 445 g/mol. The van der Waals surface area contributed by atoms with E-state index in [9.17, 15) is 12.8 Å². The highest BCUT2D eigenvalue weighted by molar-refractivity contribution is 7.90. The summed E-state index contributed by atoms with van der Waals surface area (Å²) in [7, 11) is -3.49. The van der Waals surface area contributed by atoms with Gasteiger partial charge in [-0.2, -0.15) is 0 Å². The predicted octanol–water partition coefficient (Wildman–Crippen LogP) is 4.83. The predicted molar refractivity (Wildman–Crippen MR) is 124 cm³/mol. The van der Waals surface area contributed by atoms with E-state index in [-0.39, 0.29) is 27.7 Å². The van der Waals surface area contributed by atoms with Crippen LogP contribution >= 0.6 is 0 Å². The monoisotopic (exact) mass is 477 g/mol. The van der Waals surface area contributed by atoms with Gasteiger partial charge in [-0.25, -0.2) is 22.8 Å². The fraction of sp³-hybridized carbons (Fsp3) is 0.583. The highest BCUT2D eigenvalue weighted by Gasteiger charge is 2.46. The van der Waals surface area contributed by atoms with Gasteiger partial charge in [-0.3, -0.25) is 0 Å². The van der Waals surface area contributed by atoms with E-state index < -0.39 is 15.7 Å². The van der Waals surface area contributed by atoms with E-state index >= 15 is 0 Å². The zero-order chi connectivity index (χ0) is 23.9. The van der Waals surface area contributed by atoms with Gasteiger partial charge in [0, 0.05) is 6.26 Å². The molecule has 4 rings (SSSR count). The molecule has 2 heterocycles. The van der Waals surface area contributed by atoms with Gasteiger partial charge in [0.05, 0.1) is 28.4 Å². The standard InChI is InChI=1S/C24H32FN3O4S/c1-5-18-21(28-20-7-6-17(12-19(20)25)33(4,29)30)26-15-27-22(18)32-16-8-10-24(11-9-16)13-23(2,3)31-14-24/h6-7,12,15-16H,5,8-11,13-14H2,1-4H3,(H,26,27,28). The Morgan fingerprint density at radius 2 is 1.97 bits per heavy atom. The Hall–Kier alpha value is -2.26. The first-order valence-electron chi connectivity index (χ1n) is 11.4. The average Bonchev–Trinajstić information content (AvgIpc) is 3.05. The van der Waals surface area contributed by atoms with Crippen LogP contribution in [0.15, 0.2) is 29.4 Å². The first kappa shape index (κ1) is 23.9. The summed E-state index contributed by atoms with van der Waals surface area (Å²) in [4.78, 5) is 8.57. The second kappa shape index (κ2) is 8.83. The first-order valence-corrected chi connectivity index (χ1v) is 13.3. The van der Waals surface area contributed by atoms with Crippen molar-refractivity contribution >= 4 is 21.3 Å². The summed E-state index contributed by atoms with van der Waals surface area (Å²) in [5.41, 5.74) is 1.11. The Bertz CT molecular complexity index is 1130. The van der Waals surface area contributed by atoms with Gasteiger partial charge in [0.25, 0.3) is 0 Å². The summed E-state index contributed by atoms with van der Waals surface area (Å²) in [6.45, 7) is 7.10. The number of sulfone groups is 1. The number of nitrogens with zero attached hydrogens (tertiary/aromatic N) is 2. The fourth-order valence-corrected chi connectivity index (χ4v) is 5.67. The van der Waals surface area contributed by atoms with Crippen LogP contribution in [0.2, 0.25) is 0 Å². The summed E-state index contributed by atoms with van der Waals surface area (Å²) in [5, 5.41) is 2.98. The summed E-state index contributed by atoms with van der Waals surface area (Å²) in [5.74, 6) is 0.291. The molecule has 0 amide bonds. The Kier molecular flexibility index (Phi) is 6.39. The third-order valence-corrected chi connectivity index (χ3v) is 7.83. The summed E-state index contributed by atoms with van der Waals surface area (Å²) in [6.07, 6.45) is 8.21. The molecule has 7 nitrogen and oxygen atoms in total. The Labute approximate surface area is 195 Å². The minimum atomic E-state index is -3.49. The number of ether oxygens (including phenoxy) is 2. The number of benzene rings is 1. The summed E-state index contributed by atoms with van der Waals surface area (Å²) >= 11 is 0. The van der Waals surface area contributed by atoms with E-state index in [1.165, 1.54) is 18.5 Å². The Morgan fingerprint density at radius 1 is 1.24 bits per heavy atom. The number of rotatable bonds is 6. The SMILES string of the molecule is CCc1c(Nc2ccc(S(C)(=O)=O)cc2F)ncnc1OC1CCC2(CC1)COC(C)(C)C2. The second-order valence-electron chi connectivity index (χ2n) is 9.94. The lowest BCUT2D eigenvalue weighted by molar-refractivity contribution is 0.0228. The maximum absolute atomic E-state index is 14.6. The van der Waals surface area contributed by atoms with Crippen molar-refractivity contribution in [3.63, 3.8) is 0 Å². The summed E-state index contributed by atoms with van der Waals surface area (Å²) < 4.78 is 50.2. The first-order chi connectivity index (χ1) is 15.5. The van der Waals surface area contributed by atoms with Crippen molar-refractivity contribution < 1.29 is 22.3 Å². The fourth-order valence-electron chi connectivity index (χ4n) is 5.03. The third kappa shape index (κ3) is 5.30. The largest absolute Gasteiger partial charge is 0.474 e. The molecule has 1 aliphatic carbocycles. The van der Waals surface area contributed by atoms with E-state index in [4.69, 9.17) is 9.47 Å². The van der Waals surface area contributed by atoms with Crippen LogP contribution in [-0.4, -0.2) is 43.0 Å². The van der Waals surface area contributed by atoms with Crippen LogP contribution in [0.1, 0.15) is 58.4 Å². The molecule has 2 aromatic rings. The zero-order valence-electron chi connectivity index (χ0n) is 19.7. The molecule has 0 atom stereocenters. The van der Waals surface area contributed by atoms with Crippen LogP contribution in [0.5, 0.6) is 5.88 Å². The molecule has 1 saturated carbocycles. The van der Waals surface area contributed by atoms with Gasteiger partial charge in [-0.15, -0.1) is 0 Å². The highest BCUT2D eigenvalue weighted by Crippen LogP contribution is 2.49. The number of anilines is 2. The lowest BCUT2D eigenvalue weighted by Crippen LogP contribution is -2.33. The van der Waals surface area contributed by atoms with Crippen LogP contribution in [0.3, 0.4) is 0 Å². The smallest absolute Gasteiger partial charge is 0.222 e. The van der Waals surface area contributed by atoms with Crippen molar-refractivity contribution in [1.29, 1.82) is 0 Å². The molecule has 1 N–H and O–H groups in total. The van der Waals surface area contributed by atoms with Gasteiger partial charge in [-0.1, -0.05) is 6.92 Å². The van der Waals surface area contributed by atoms with Crippen molar-refractivity contribution in [2.24, 2.45) is 5.41 Å². The second-order valence-corrected chi connectivity index (χ2v) is 12.0. The van der Waals surface area contributed by atoms with E-state index in [1.807, 2.05) is 6.92 Å².